The van der Waals surface area contributed by atoms with E-state index in [0.29, 0.717) is 6.42 Å². The van der Waals surface area contributed by atoms with Gasteiger partial charge in [0, 0.05) is 12.7 Å². The fourth-order valence-corrected chi connectivity index (χ4v) is 3.57. The van der Waals surface area contributed by atoms with Crippen molar-refractivity contribution in [1.29, 1.82) is 0 Å². The summed E-state index contributed by atoms with van der Waals surface area (Å²) in [7, 11) is -3.74. The van der Waals surface area contributed by atoms with Gasteiger partial charge in [0.2, 0.25) is 10.0 Å². The summed E-state index contributed by atoms with van der Waals surface area (Å²) in [5, 5.41) is 4.03. The number of nitrogens with one attached hydrogen (secondary N) is 1. The molecule has 0 aliphatic rings. The number of hydrogen-bond acceptors (Lipinski definition) is 3. The molecule has 0 saturated carbocycles. The average Bonchev–Trinajstić information content (AvgIpc) is 3.07. The van der Waals surface area contributed by atoms with Crippen molar-refractivity contribution in [2.45, 2.75) is 11.3 Å². The standard InChI is InChI=1S/C17H15ClFN3O2S/c18-16-10-15(6-7-17(16)19)25(23,24)21-9-8-13-11-20-22(12-13)14-4-2-1-3-5-14/h1-7,10-12,21H,8-9H2. The van der Waals surface area contributed by atoms with E-state index in [1.54, 1.807) is 10.9 Å². The third-order valence-electron chi connectivity index (χ3n) is 3.56. The second-order valence-corrected chi connectivity index (χ2v) is 7.53. The minimum atomic E-state index is -3.74. The van der Waals surface area contributed by atoms with Gasteiger partial charge in [0.15, 0.2) is 0 Å². The molecule has 3 rings (SSSR count). The van der Waals surface area contributed by atoms with Gasteiger partial charge in [0.25, 0.3) is 0 Å². The van der Waals surface area contributed by atoms with Crippen LogP contribution in [0.4, 0.5) is 4.39 Å². The molecule has 1 N–H and O–H groups in total. The zero-order valence-electron chi connectivity index (χ0n) is 13.1. The van der Waals surface area contributed by atoms with E-state index in [-0.39, 0.29) is 16.5 Å². The van der Waals surface area contributed by atoms with Gasteiger partial charge < -0.3 is 0 Å². The molecule has 5 nitrogen and oxygen atoms in total. The Balaban J connectivity index is 1.63. The molecule has 1 heterocycles. The molecule has 0 unspecified atom stereocenters. The van der Waals surface area contributed by atoms with E-state index in [0.717, 1.165) is 23.4 Å². The summed E-state index contributed by atoms with van der Waals surface area (Å²) in [6.45, 7) is 0.192. The molecule has 0 amide bonds. The molecule has 0 aliphatic carbocycles. The maximum Gasteiger partial charge on any atom is 0.240 e. The first kappa shape index (κ1) is 17.6. The van der Waals surface area contributed by atoms with E-state index in [1.165, 1.54) is 6.07 Å². The van der Waals surface area contributed by atoms with Crippen LogP contribution in [-0.2, 0) is 16.4 Å². The van der Waals surface area contributed by atoms with E-state index in [1.807, 2.05) is 36.5 Å². The van der Waals surface area contributed by atoms with Crippen LogP contribution in [0.5, 0.6) is 0 Å². The lowest BCUT2D eigenvalue weighted by atomic mass is 10.2. The lowest BCUT2D eigenvalue weighted by Crippen LogP contribution is -2.26. The van der Waals surface area contributed by atoms with Crippen molar-refractivity contribution < 1.29 is 12.8 Å². The van der Waals surface area contributed by atoms with Crippen LogP contribution in [0.25, 0.3) is 5.69 Å². The Morgan fingerprint density at radius 2 is 1.92 bits per heavy atom. The number of nitrogens with zero attached hydrogens (tertiary/aromatic N) is 2. The minimum absolute atomic E-state index is 0.0705. The fraction of sp³-hybridized carbons (Fsp3) is 0.118. The van der Waals surface area contributed by atoms with Crippen molar-refractivity contribution in [2.24, 2.45) is 0 Å². The van der Waals surface area contributed by atoms with Crippen molar-refractivity contribution in [3.05, 3.63) is 77.3 Å². The Labute approximate surface area is 150 Å². The van der Waals surface area contributed by atoms with Crippen LogP contribution in [0.2, 0.25) is 5.02 Å². The SMILES string of the molecule is O=S(=O)(NCCc1cnn(-c2ccccc2)c1)c1ccc(F)c(Cl)c1. The summed E-state index contributed by atoms with van der Waals surface area (Å²) in [5.41, 5.74) is 1.82. The number of aromatic nitrogens is 2. The highest BCUT2D eigenvalue weighted by molar-refractivity contribution is 7.89. The normalized spacial score (nSPS) is 11.6. The Morgan fingerprint density at radius 1 is 1.16 bits per heavy atom. The largest absolute Gasteiger partial charge is 0.241 e. The Bertz CT molecular complexity index is 975. The first-order valence-electron chi connectivity index (χ1n) is 7.49. The number of halogens is 2. The number of para-hydroxylation sites is 1. The molecule has 0 radical (unpaired) electrons. The minimum Gasteiger partial charge on any atom is -0.241 e. The number of hydrogen-bond donors (Lipinski definition) is 1. The van der Waals surface area contributed by atoms with Gasteiger partial charge in [-0.1, -0.05) is 29.8 Å². The molecule has 0 aliphatic heterocycles. The van der Waals surface area contributed by atoms with Crippen molar-refractivity contribution >= 4 is 21.6 Å². The molecule has 25 heavy (non-hydrogen) atoms. The van der Waals surface area contributed by atoms with E-state index < -0.39 is 15.8 Å². The quantitative estimate of drug-likeness (QED) is 0.715. The highest BCUT2D eigenvalue weighted by Crippen LogP contribution is 2.19. The first-order valence-corrected chi connectivity index (χ1v) is 9.35. The predicted octanol–water partition coefficient (Wildman–Crippen LogP) is 3.19. The van der Waals surface area contributed by atoms with Crippen LogP contribution in [-0.4, -0.2) is 24.7 Å². The first-order chi connectivity index (χ1) is 12.0. The molecule has 8 heteroatoms. The summed E-state index contributed by atoms with van der Waals surface area (Å²) >= 11 is 5.63. The zero-order chi connectivity index (χ0) is 17.9. The maximum absolute atomic E-state index is 13.1. The van der Waals surface area contributed by atoms with Crippen molar-refractivity contribution in [2.75, 3.05) is 6.54 Å². The van der Waals surface area contributed by atoms with E-state index in [4.69, 9.17) is 11.6 Å². The molecule has 0 spiro atoms. The highest BCUT2D eigenvalue weighted by Gasteiger charge is 2.15. The number of sulfonamides is 1. The predicted molar refractivity (Wildman–Crippen MR) is 93.9 cm³/mol. The van der Waals surface area contributed by atoms with E-state index >= 15 is 0 Å². The van der Waals surface area contributed by atoms with Gasteiger partial charge in [0.1, 0.15) is 5.82 Å². The van der Waals surface area contributed by atoms with E-state index in [9.17, 15) is 12.8 Å². The van der Waals surface area contributed by atoms with Crippen LogP contribution >= 0.6 is 11.6 Å². The number of rotatable bonds is 6. The molecule has 0 fully saturated rings. The van der Waals surface area contributed by atoms with Gasteiger partial charge in [0.05, 0.1) is 21.8 Å². The van der Waals surface area contributed by atoms with Crippen LogP contribution in [0.1, 0.15) is 5.56 Å². The molecular weight excluding hydrogens is 365 g/mol. The van der Waals surface area contributed by atoms with Gasteiger partial charge in [-0.05, 0) is 42.3 Å². The van der Waals surface area contributed by atoms with Crippen LogP contribution < -0.4 is 4.72 Å². The Kier molecular flexibility index (Phi) is 5.17. The molecule has 2 aromatic carbocycles. The Morgan fingerprint density at radius 3 is 2.64 bits per heavy atom. The van der Waals surface area contributed by atoms with Gasteiger partial charge in [-0.25, -0.2) is 22.2 Å². The topological polar surface area (TPSA) is 64.0 Å². The molecule has 0 atom stereocenters. The van der Waals surface area contributed by atoms with Gasteiger partial charge >= 0.3 is 0 Å². The molecule has 130 valence electrons. The summed E-state index contributed by atoms with van der Waals surface area (Å²) in [4.78, 5) is -0.0705. The monoisotopic (exact) mass is 379 g/mol. The lowest BCUT2D eigenvalue weighted by molar-refractivity contribution is 0.580. The maximum atomic E-state index is 13.1. The summed E-state index contributed by atoms with van der Waals surface area (Å²) in [6.07, 6.45) is 4.01. The fourth-order valence-electron chi connectivity index (χ4n) is 2.27. The number of benzene rings is 2. The third kappa shape index (κ3) is 4.25. The third-order valence-corrected chi connectivity index (χ3v) is 5.31. The second-order valence-electron chi connectivity index (χ2n) is 5.35. The molecule has 0 bridgehead atoms. The van der Waals surface area contributed by atoms with Crippen LogP contribution in [0.3, 0.4) is 0 Å². The zero-order valence-corrected chi connectivity index (χ0v) is 14.6. The van der Waals surface area contributed by atoms with Crippen LogP contribution in [0, 0.1) is 5.82 Å². The van der Waals surface area contributed by atoms with Crippen molar-refractivity contribution in [3.63, 3.8) is 0 Å². The van der Waals surface area contributed by atoms with Gasteiger partial charge in [-0.2, -0.15) is 5.10 Å². The summed E-state index contributed by atoms with van der Waals surface area (Å²) < 4.78 is 41.7. The lowest BCUT2D eigenvalue weighted by Gasteiger charge is -2.06. The summed E-state index contributed by atoms with van der Waals surface area (Å²) in [6, 6.07) is 12.9. The Hall–Kier alpha value is -2.22. The van der Waals surface area contributed by atoms with Gasteiger partial charge in [-0.3, -0.25) is 0 Å². The molecule has 3 aromatic rings. The van der Waals surface area contributed by atoms with Gasteiger partial charge in [-0.15, -0.1) is 0 Å². The average molecular weight is 380 g/mol. The van der Waals surface area contributed by atoms with Crippen molar-refractivity contribution in [1.82, 2.24) is 14.5 Å². The molecule has 0 saturated heterocycles. The molecule has 1 aromatic heterocycles. The molecular formula is C17H15ClFN3O2S. The summed E-state index contributed by atoms with van der Waals surface area (Å²) in [5.74, 6) is -0.658. The second kappa shape index (κ2) is 7.35. The van der Waals surface area contributed by atoms with Crippen molar-refractivity contribution in [3.8, 4) is 5.69 Å². The van der Waals surface area contributed by atoms with Crippen LogP contribution in [0.15, 0.2) is 65.8 Å². The highest BCUT2D eigenvalue weighted by atomic mass is 35.5. The van der Waals surface area contributed by atoms with E-state index in [2.05, 4.69) is 9.82 Å². The smallest absolute Gasteiger partial charge is 0.240 e.